The molecule has 1 aromatic heterocycles. The zero-order valence-corrected chi connectivity index (χ0v) is 18.9. The fourth-order valence-electron chi connectivity index (χ4n) is 3.63. The molecule has 0 spiro atoms. The van der Waals surface area contributed by atoms with E-state index in [9.17, 15) is 18.4 Å². The second-order valence-electron chi connectivity index (χ2n) is 7.52. The minimum Gasteiger partial charge on any atom is -0.406 e. The molecule has 0 saturated carbocycles. The number of aryl methyl sites for hydroxylation is 1. The highest BCUT2D eigenvalue weighted by molar-refractivity contribution is 7.09. The highest BCUT2D eigenvalue weighted by Gasteiger charge is 2.31. The number of benzene rings is 3. The minimum absolute atomic E-state index is 0.0529. The Kier molecular flexibility index (Phi) is 6.96. The van der Waals surface area contributed by atoms with Gasteiger partial charge in [-0.1, -0.05) is 42.5 Å². The van der Waals surface area contributed by atoms with Gasteiger partial charge in [0.2, 0.25) is 0 Å². The summed E-state index contributed by atoms with van der Waals surface area (Å²) in [6.45, 7) is 2.04. The van der Waals surface area contributed by atoms with Gasteiger partial charge in [-0.3, -0.25) is 4.98 Å². The van der Waals surface area contributed by atoms with Crippen molar-refractivity contribution in [1.82, 2.24) is 4.98 Å². The Labute approximate surface area is 198 Å². The first-order valence-electron chi connectivity index (χ1n) is 10.3. The smallest absolute Gasteiger partial charge is 0.406 e. The van der Waals surface area contributed by atoms with E-state index in [1.165, 1.54) is 29.5 Å². The van der Waals surface area contributed by atoms with Crippen molar-refractivity contribution in [3.05, 3.63) is 106 Å². The molecular formula is C26H19F3N2O2S. The van der Waals surface area contributed by atoms with Gasteiger partial charge in [-0.15, -0.1) is 24.5 Å². The third-order valence-electron chi connectivity index (χ3n) is 5.16. The van der Waals surface area contributed by atoms with E-state index in [1.807, 2.05) is 43.3 Å². The molecule has 1 unspecified atom stereocenters. The molecule has 0 aliphatic rings. The van der Waals surface area contributed by atoms with Gasteiger partial charge < -0.3 is 9.47 Å². The summed E-state index contributed by atoms with van der Waals surface area (Å²) in [4.78, 5) is 4.98. The lowest BCUT2D eigenvalue weighted by Crippen LogP contribution is -2.17. The molecule has 1 atom stereocenters. The lowest BCUT2D eigenvalue weighted by molar-refractivity contribution is -0.274. The van der Waals surface area contributed by atoms with E-state index in [4.69, 9.17) is 4.74 Å². The largest absolute Gasteiger partial charge is 0.573 e. The van der Waals surface area contributed by atoms with Crippen LogP contribution in [-0.2, 0) is 11.3 Å². The van der Waals surface area contributed by atoms with Gasteiger partial charge in [-0.05, 0) is 53.4 Å². The summed E-state index contributed by atoms with van der Waals surface area (Å²) in [5, 5.41) is 9.66. The minimum atomic E-state index is -4.76. The number of hydrogen-bond donors (Lipinski definition) is 0. The summed E-state index contributed by atoms with van der Waals surface area (Å²) in [6, 6.07) is 21.3. The molecule has 4 nitrogen and oxygen atoms in total. The molecular weight excluding hydrogens is 461 g/mol. The van der Waals surface area contributed by atoms with Crippen molar-refractivity contribution in [2.75, 3.05) is 0 Å². The molecule has 0 bridgehead atoms. The first kappa shape index (κ1) is 23.5. The quantitative estimate of drug-likeness (QED) is 0.281. The number of nitriles is 1. The normalized spacial score (nSPS) is 12.2. The molecule has 0 aliphatic heterocycles. The summed E-state index contributed by atoms with van der Waals surface area (Å²) in [6.07, 6.45) is -3.58. The second kappa shape index (κ2) is 10.1. The Bertz CT molecular complexity index is 1310. The molecule has 0 saturated heterocycles. The van der Waals surface area contributed by atoms with Crippen LogP contribution >= 0.6 is 11.3 Å². The number of thiazole rings is 1. The third kappa shape index (κ3) is 5.63. The number of aromatic nitrogens is 1. The molecule has 34 heavy (non-hydrogen) atoms. The average Bonchev–Trinajstić information content (AvgIpc) is 3.33. The Hall–Kier alpha value is -3.67. The Balaban J connectivity index is 1.66. The van der Waals surface area contributed by atoms with Gasteiger partial charge in [-0.25, -0.2) is 0 Å². The number of rotatable bonds is 7. The van der Waals surface area contributed by atoms with Gasteiger partial charge in [0.25, 0.3) is 0 Å². The lowest BCUT2D eigenvalue weighted by Gasteiger charge is -2.19. The number of nitrogens with zero attached hydrogens (tertiary/aromatic N) is 2. The fraction of sp³-hybridized carbons (Fsp3) is 0.154. The molecule has 0 N–H and O–H groups in total. The molecule has 4 rings (SSSR count). The van der Waals surface area contributed by atoms with Crippen molar-refractivity contribution in [3.63, 3.8) is 0 Å². The number of alkyl halides is 3. The standard InChI is InChI=1S/C26H19F3N2O2S/c1-17-5-2-3-8-22(17)23-12-19(9-10-20(23)13-30)25(24-14-31-16-34-24)32-15-18-6-4-7-21(11-18)33-26(27,28)29/h2-12,14,16,25H,15H2,1H3. The molecule has 172 valence electrons. The van der Waals surface area contributed by atoms with Crippen LogP contribution in [0.2, 0.25) is 0 Å². The molecule has 4 aromatic rings. The second-order valence-corrected chi connectivity index (χ2v) is 8.44. The van der Waals surface area contributed by atoms with Crippen LogP contribution in [0.25, 0.3) is 11.1 Å². The van der Waals surface area contributed by atoms with E-state index in [-0.39, 0.29) is 12.4 Å². The van der Waals surface area contributed by atoms with E-state index in [2.05, 4.69) is 15.8 Å². The maximum atomic E-state index is 12.6. The van der Waals surface area contributed by atoms with E-state index in [1.54, 1.807) is 23.8 Å². The number of hydrogen-bond acceptors (Lipinski definition) is 5. The summed E-state index contributed by atoms with van der Waals surface area (Å²) >= 11 is 1.41. The Morgan fingerprint density at radius 2 is 1.85 bits per heavy atom. The van der Waals surface area contributed by atoms with Crippen molar-refractivity contribution >= 4 is 11.3 Å². The Morgan fingerprint density at radius 3 is 2.56 bits per heavy atom. The van der Waals surface area contributed by atoms with E-state index in [0.29, 0.717) is 11.1 Å². The molecule has 1 heterocycles. The third-order valence-corrected chi connectivity index (χ3v) is 5.98. The molecule has 0 fully saturated rings. The SMILES string of the molecule is Cc1ccccc1-c1cc(C(OCc2cccc(OC(F)(F)F)c2)c2cncs2)ccc1C#N. The molecule has 0 aliphatic carbocycles. The highest BCUT2D eigenvalue weighted by atomic mass is 32.1. The topological polar surface area (TPSA) is 55.1 Å². The summed E-state index contributed by atoms with van der Waals surface area (Å²) < 4.78 is 47.9. The van der Waals surface area contributed by atoms with Crippen LogP contribution < -0.4 is 4.74 Å². The van der Waals surface area contributed by atoms with Crippen molar-refractivity contribution < 1.29 is 22.6 Å². The molecule has 3 aromatic carbocycles. The van der Waals surface area contributed by atoms with Crippen molar-refractivity contribution in [1.29, 1.82) is 5.26 Å². The molecule has 0 radical (unpaired) electrons. The van der Waals surface area contributed by atoms with E-state index >= 15 is 0 Å². The first-order chi connectivity index (χ1) is 16.3. The van der Waals surface area contributed by atoms with Crippen LogP contribution in [0.4, 0.5) is 13.2 Å². The maximum absolute atomic E-state index is 12.6. The summed E-state index contributed by atoms with van der Waals surface area (Å²) in [5.41, 5.74) is 6.34. The van der Waals surface area contributed by atoms with Crippen LogP contribution in [0, 0.1) is 18.3 Å². The predicted molar refractivity (Wildman–Crippen MR) is 123 cm³/mol. The van der Waals surface area contributed by atoms with Gasteiger partial charge in [0.15, 0.2) is 0 Å². The summed E-state index contributed by atoms with van der Waals surface area (Å²) in [5.74, 6) is -0.303. The zero-order valence-electron chi connectivity index (χ0n) is 18.0. The number of halogens is 3. The van der Waals surface area contributed by atoms with Crippen molar-refractivity contribution in [2.24, 2.45) is 0 Å². The van der Waals surface area contributed by atoms with Crippen LogP contribution in [0.15, 0.2) is 78.4 Å². The first-order valence-corrected chi connectivity index (χ1v) is 11.2. The van der Waals surface area contributed by atoms with Gasteiger partial charge in [0.05, 0.1) is 28.6 Å². The van der Waals surface area contributed by atoms with Gasteiger partial charge in [0, 0.05) is 11.8 Å². The Morgan fingerprint density at radius 1 is 1.03 bits per heavy atom. The van der Waals surface area contributed by atoms with Crippen molar-refractivity contribution in [2.45, 2.75) is 26.0 Å². The van der Waals surface area contributed by atoms with Gasteiger partial charge in [-0.2, -0.15) is 5.26 Å². The average molecular weight is 481 g/mol. The summed E-state index contributed by atoms with van der Waals surface area (Å²) in [7, 11) is 0. The fourth-order valence-corrected chi connectivity index (χ4v) is 4.32. The highest BCUT2D eigenvalue weighted by Crippen LogP contribution is 2.35. The van der Waals surface area contributed by atoms with Gasteiger partial charge in [0.1, 0.15) is 11.9 Å². The van der Waals surface area contributed by atoms with Crippen molar-refractivity contribution in [3.8, 4) is 22.9 Å². The number of ether oxygens (including phenoxy) is 2. The lowest BCUT2D eigenvalue weighted by atomic mass is 9.93. The van der Waals surface area contributed by atoms with Crippen LogP contribution in [-0.4, -0.2) is 11.3 Å². The van der Waals surface area contributed by atoms with Crippen LogP contribution in [0.3, 0.4) is 0 Å². The maximum Gasteiger partial charge on any atom is 0.573 e. The predicted octanol–water partition coefficient (Wildman–Crippen LogP) is 7.20. The molecule has 0 amide bonds. The molecule has 8 heteroatoms. The monoisotopic (exact) mass is 480 g/mol. The van der Waals surface area contributed by atoms with E-state index < -0.39 is 12.5 Å². The van der Waals surface area contributed by atoms with Gasteiger partial charge >= 0.3 is 6.36 Å². The van der Waals surface area contributed by atoms with E-state index in [0.717, 1.165) is 27.1 Å². The van der Waals surface area contributed by atoms with Crippen LogP contribution in [0.5, 0.6) is 5.75 Å². The zero-order chi connectivity index (χ0) is 24.1. The van der Waals surface area contributed by atoms with Crippen LogP contribution in [0.1, 0.15) is 33.2 Å².